The van der Waals surface area contributed by atoms with Crippen LogP contribution in [-0.2, 0) is 4.79 Å². The van der Waals surface area contributed by atoms with Crippen molar-refractivity contribution < 1.29 is 4.79 Å². The van der Waals surface area contributed by atoms with Gasteiger partial charge in [-0.25, -0.2) is 0 Å². The molecule has 0 heterocycles. The number of hydrogen-bond acceptors (Lipinski definition) is 2. The first kappa shape index (κ1) is 6.91. The van der Waals surface area contributed by atoms with Crippen molar-refractivity contribution in [2.45, 2.75) is 0 Å². The van der Waals surface area contributed by atoms with Crippen LogP contribution in [-0.4, -0.2) is 17.2 Å². The van der Waals surface area contributed by atoms with E-state index in [9.17, 15) is 4.79 Å². The summed E-state index contributed by atoms with van der Waals surface area (Å²) in [7, 11) is 1.58. The molecular weight excluding hydrogens is 130 g/mol. The van der Waals surface area contributed by atoms with Gasteiger partial charge < -0.3 is 5.32 Å². The average molecular weight is 135 g/mol. The molecule has 0 aromatic heterocycles. The predicted molar refractivity (Wildman–Crippen MR) is 35.7 cm³/mol. The molecule has 0 amide bonds. The maximum absolute atomic E-state index is 10.0. The Morgan fingerprint density at radius 1 is 1.86 bits per heavy atom. The largest absolute Gasteiger partial charge is 0.376 e. The van der Waals surface area contributed by atoms with Gasteiger partial charge in [0.2, 0.25) is 5.12 Å². The van der Waals surface area contributed by atoms with E-state index in [1.165, 1.54) is 0 Å². The van der Waals surface area contributed by atoms with Gasteiger partial charge in [0.05, 0.1) is 0 Å². The number of thiocarbonyl (C=S) groups is 1. The van der Waals surface area contributed by atoms with Crippen LogP contribution >= 0.6 is 24.8 Å². The fourth-order valence-corrected chi connectivity index (χ4v) is 0.219. The molecular formula is C3H5NOS2. The minimum absolute atomic E-state index is 0.156. The molecule has 2 nitrogen and oxygen atoms in total. The fourth-order valence-electron chi connectivity index (χ4n) is 0.107. The Bertz CT molecular complexity index is 101. The third kappa shape index (κ3) is 2.59. The minimum Gasteiger partial charge on any atom is -0.376 e. The number of likely N-dealkylation sites (N-methyl/N-ethyl adjacent to an activating group) is 1. The summed E-state index contributed by atoms with van der Waals surface area (Å²) >= 11 is 7.87. The molecule has 1 N–H and O–H groups in total. The molecule has 0 aromatic rings. The molecule has 0 unspecified atom stereocenters. The lowest BCUT2D eigenvalue weighted by molar-refractivity contribution is -0.105. The van der Waals surface area contributed by atoms with Crippen LogP contribution in [0.4, 0.5) is 0 Å². The molecule has 0 saturated carbocycles. The fraction of sp³-hybridized carbons (Fsp3) is 0.333. The molecule has 0 atom stereocenters. The third-order valence-corrected chi connectivity index (χ3v) is 1.19. The third-order valence-electron chi connectivity index (χ3n) is 0.421. The van der Waals surface area contributed by atoms with Crippen LogP contribution < -0.4 is 5.32 Å². The molecule has 0 aliphatic carbocycles. The van der Waals surface area contributed by atoms with Gasteiger partial charge in [-0.15, -0.1) is 0 Å². The molecule has 7 heavy (non-hydrogen) atoms. The van der Waals surface area contributed by atoms with Gasteiger partial charge in [-0.1, -0.05) is 24.8 Å². The number of carbonyl (C=O) groups excluding carboxylic acids is 1. The Kier molecular flexibility index (Phi) is 2.95. The lowest BCUT2D eigenvalue weighted by Crippen LogP contribution is -2.21. The zero-order chi connectivity index (χ0) is 5.86. The lowest BCUT2D eigenvalue weighted by atomic mass is 10.7. The van der Waals surface area contributed by atoms with Crippen LogP contribution in [0.1, 0.15) is 0 Å². The summed E-state index contributed by atoms with van der Waals surface area (Å²) in [5.41, 5.74) is 0. The van der Waals surface area contributed by atoms with Gasteiger partial charge in [0.25, 0.3) is 0 Å². The van der Waals surface area contributed by atoms with E-state index < -0.39 is 5.12 Å². The highest BCUT2D eigenvalue weighted by Crippen LogP contribution is 1.78. The lowest BCUT2D eigenvalue weighted by Gasteiger charge is -1.90. The monoisotopic (exact) mass is 135 g/mol. The highest BCUT2D eigenvalue weighted by Gasteiger charge is 1.96. The normalized spacial score (nSPS) is 7.71. The average Bonchev–Trinajstić information content (AvgIpc) is 1.65. The van der Waals surface area contributed by atoms with Gasteiger partial charge in [-0.2, -0.15) is 0 Å². The zero-order valence-corrected chi connectivity index (χ0v) is 5.47. The second-order valence-electron chi connectivity index (χ2n) is 0.884. The highest BCUT2D eigenvalue weighted by atomic mass is 32.1. The minimum atomic E-state index is -0.391. The second kappa shape index (κ2) is 2.98. The van der Waals surface area contributed by atoms with Crippen LogP contribution in [0.5, 0.6) is 0 Å². The number of nitrogens with one attached hydrogen (secondary N) is 1. The molecule has 4 heteroatoms. The smallest absolute Gasteiger partial charge is 0.243 e. The van der Waals surface area contributed by atoms with Crippen molar-refractivity contribution in [1.29, 1.82) is 0 Å². The second-order valence-corrected chi connectivity index (χ2v) is 1.70. The first-order valence-electron chi connectivity index (χ1n) is 1.63. The van der Waals surface area contributed by atoms with E-state index in [1.54, 1.807) is 7.05 Å². The van der Waals surface area contributed by atoms with Crippen molar-refractivity contribution in [3.8, 4) is 0 Å². The van der Waals surface area contributed by atoms with Crippen LogP contribution in [0.25, 0.3) is 0 Å². The van der Waals surface area contributed by atoms with Crippen molar-refractivity contribution in [3.63, 3.8) is 0 Å². The SMILES string of the molecule is CNC(=S)C(=O)S. The van der Waals surface area contributed by atoms with Crippen LogP contribution in [0.2, 0.25) is 0 Å². The summed E-state index contributed by atoms with van der Waals surface area (Å²) in [5, 5.41) is 2.08. The molecule has 0 rings (SSSR count). The van der Waals surface area contributed by atoms with Crippen molar-refractivity contribution in [3.05, 3.63) is 0 Å². The Labute approximate surface area is 52.7 Å². The summed E-state index contributed by atoms with van der Waals surface area (Å²) in [5.74, 6) is 0. The summed E-state index contributed by atoms with van der Waals surface area (Å²) in [4.78, 5) is 10.2. The van der Waals surface area contributed by atoms with E-state index in [0.717, 1.165) is 0 Å². The van der Waals surface area contributed by atoms with Gasteiger partial charge in [-0.3, -0.25) is 4.79 Å². The first-order chi connectivity index (χ1) is 3.18. The molecule has 0 saturated heterocycles. The van der Waals surface area contributed by atoms with E-state index in [4.69, 9.17) is 0 Å². The first-order valence-corrected chi connectivity index (χ1v) is 2.49. The summed E-state index contributed by atoms with van der Waals surface area (Å²) in [6.45, 7) is 0. The van der Waals surface area contributed by atoms with E-state index in [-0.39, 0.29) is 4.99 Å². The van der Waals surface area contributed by atoms with Crippen molar-refractivity contribution in [2.75, 3.05) is 7.05 Å². The van der Waals surface area contributed by atoms with Gasteiger partial charge in [-0.05, 0) is 0 Å². The van der Waals surface area contributed by atoms with Gasteiger partial charge in [0, 0.05) is 7.05 Å². The highest BCUT2D eigenvalue weighted by molar-refractivity contribution is 8.02. The number of rotatable bonds is 1. The van der Waals surface area contributed by atoms with E-state index >= 15 is 0 Å². The predicted octanol–water partition coefficient (Wildman–Crippen LogP) is -0.0104. The topological polar surface area (TPSA) is 29.1 Å². The molecule has 0 aliphatic rings. The van der Waals surface area contributed by atoms with Gasteiger partial charge in [0.15, 0.2) is 4.99 Å². The standard InChI is InChI=1S/C3H5NOS2/c1-4-2(6)3(5)7/h1H3,(H,4,6)(H,5,7). The van der Waals surface area contributed by atoms with Gasteiger partial charge >= 0.3 is 0 Å². The maximum atomic E-state index is 10.0. The zero-order valence-electron chi connectivity index (χ0n) is 3.76. The van der Waals surface area contributed by atoms with Crippen molar-refractivity contribution >= 4 is 35.0 Å². The van der Waals surface area contributed by atoms with E-state index in [2.05, 4.69) is 30.2 Å². The molecule has 0 fully saturated rings. The summed E-state index contributed by atoms with van der Waals surface area (Å²) in [6, 6.07) is 0. The molecule has 0 bridgehead atoms. The Morgan fingerprint density at radius 3 is 2.29 bits per heavy atom. The Balaban J connectivity index is 3.58. The summed E-state index contributed by atoms with van der Waals surface area (Å²) in [6.07, 6.45) is 0. The Morgan fingerprint density at radius 2 is 2.29 bits per heavy atom. The number of hydrogen-bond donors (Lipinski definition) is 2. The summed E-state index contributed by atoms with van der Waals surface area (Å²) < 4.78 is 0. The van der Waals surface area contributed by atoms with Gasteiger partial charge in [0.1, 0.15) is 0 Å². The van der Waals surface area contributed by atoms with Crippen LogP contribution in [0, 0.1) is 0 Å². The Hall–Kier alpha value is -0.0900. The molecule has 0 radical (unpaired) electrons. The molecule has 0 aliphatic heterocycles. The number of carbonyl (C=O) groups is 1. The quantitative estimate of drug-likeness (QED) is 0.391. The molecule has 0 aromatic carbocycles. The van der Waals surface area contributed by atoms with E-state index in [1.807, 2.05) is 0 Å². The molecule has 40 valence electrons. The van der Waals surface area contributed by atoms with Crippen LogP contribution in [0.3, 0.4) is 0 Å². The number of thiol groups is 1. The molecule has 0 spiro atoms. The van der Waals surface area contributed by atoms with Crippen molar-refractivity contribution in [2.24, 2.45) is 0 Å². The maximum Gasteiger partial charge on any atom is 0.243 e. The van der Waals surface area contributed by atoms with Crippen LogP contribution in [0.15, 0.2) is 0 Å². The van der Waals surface area contributed by atoms with Crippen molar-refractivity contribution in [1.82, 2.24) is 5.32 Å². The van der Waals surface area contributed by atoms with E-state index in [0.29, 0.717) is 0 Å².